The molecule has 2 aromatic rings. The topological polar surface area (TPSA) is 183 Å². The van der Waals surface area contributed by atoms with Crippen LogP contribution in [-0.4, -0.2) is 92.2 Å². The first kappa shape index (κ1) is 33.9. The normalized spacial score (nSPS) is 26.1. The van der Waals surface area contributed by atoms with Crippen LogP contribution in [0.3, 0.4) is 0 Å². The molecule has 0 saturated carbocycles. The largest absolute Gasteiger partial charge is 0.492 e. The second-order valence-electron chi connectivity index (χ2n) is 12.5. The summed E-state index contributed by atoms with van der Waals surface area (Å²) >= 11 is 17.2. The SMILES string of the molecule is C=C1NC2[C@H](C(=O)OCc3ccccc3)N=C(NC(=O)OCC(Cl)(Cl)Cl)N3C[C@H](NC(=O)c4cccc5c4OCC5(C)C)C(O)(O)C23N1. The Morgan fingerprint density at radius 3 is 2.56 bits per heavy atom. The van der Waals surface area contributed by atoms with E-state index in [-0.39, 0.29) is 35.9 Å². The summed E-state index contributed by atoms with van der Waals surface area (Å²) in [6, 6.07) is 9.92. The number of para-hydroxylation sites is 1. The number of carbonyl (C=O) groups excluding carboxylic acids is 3. The third-order valence-corrected chi connectivity index (χ3v) is 9.04. The van der Waals surface area contributed by atoms with E-state index in [1.165, 1.54) is 4.90 Å². The predicted molar refractivity (Wildman–Crippen MR) is 174 cm³/mol. The lowest BCUT2D eigenvalue weighted by molar-refractivity contribution is -0.231. The Hall–Kier alpha value is -3.95. The number of alkyl carbamates (subject to hydrolysis) is 1. The van der Waals surface area contributed by atoms with Crippen LogP contribution in [0.2, 0.25) is 0 Å². The second kappa shape index (κ2) is 12.2. The quantitative estimate of drug-likeness (QED) is 0.145. The number of ether oxygens (including phenoxy) is 3. The second-order valence-corrected chi connectivity index (χ2v) is 15.0. The standard InChI is InChI=1S/C31H33Cl3N6O8/c1-16-35-23-21(25(42)46-13-17-8-5-4-6-9-17)37-26(38-27(43)48-15-29(32,33)34)40-12-20(31(44,45)30(23,40)39-16)36-24(41)18-10-7-11-19-22(18)47-14-28(19,2)3/h4-11,20-21,23,35,39,44-45H,1,12-15H2,2-3H3,(H,36,41)(H,37,38,43)/t20-,21+,23?,30?/m0/s1. The zero-order chi connectivity index (χ0) is 34.6. The molecule has 48 heavy (non-hydrogen) atoms. The van der Waals surface area contributed by atoms with Gasteiger partial charge in [0.05, 0.1) is 18.0 Å². The average molecular weight is 724 g/mol. The average Bonchev–Trinajstić information content (AvgIpc) is 3.62. The zero-order valence-electron chi connectivity index (χ0n) is 25.8. The molecule has 14 nitrogen and oxygen atoms in total. The summed E-state index contributed by atoms with van der Waals surface area (Å²) in [6.07, 6.45) is -1.12. The summed E-state index contributed by atoms with van der Waals surface area (Å²) in [5.41, 5.74) is -0.651. The molecule has 0 aliphatic carbocycles. The zero-order valence-corrected chi connectivity index (χ0v) is 28.0. The molecule has 2 amide bonds. The number of amides is 2. The van der Waals surface area contributed by atoms with E-state index in [0.717, 1.165) is 5.56 Å². The molecule has 2 fully saturated rings. The van der Waals surface area contributed by atoms with E-state index in [4.69, 9.17) is 49.0 Å². The van der Waals surface area contributed by atoms with Crippen molar-refractivity contribution in [2.45, 2.75) is 59.2 Å². The fraction of sp³-hybridized carbons (Fsp3) is 0.419. The maximum atomic E-state index is 13.7. The van der Waals surface area contributed by atoms with E-state index in [0.29, 0.717) is 17.9 Å². The number of rotatable bonds is 6. The third kappa shape index (κ3) is 5.96. The number of hydrogen-bond donors (Lipinski definition) is 6. The van der Waals surface area contributed by atoms with Crippen LogP contribution < -0.4 is 26.0 Å². The summed E-state index contributed by atoms with van der Waals surface area (Å²) in [7, 11) is 0. The number of halogens is 3. The molecular formula is C31H33Cl3N6O8. The lowest BCUT2D eigenvalue weighted by Crippen LogP contribution is -2.78. The van der Waals surface area contributed by atoms with Crippen molar-refractivity contribution in [2.24, 2.45) is 4.99 Å². The Morgan fingerprint density at radius 2 is 1.85 bits per heavy atom. The highest BCUT2D eigenvalue weighted by Gasteiger charge is 2.74. The van der Waals surface area contributed by atoms with E-state index in [1.807, 2.05) is 26.0 Å². The number of aliphatic imine (C=N–C) groups is 1. The van der Waals surface area contributed by atoms with Crippen molar-refractivity contribution in [3.05, 3.63) is 77.6 Å². The minimum absolute atomic E-state index is 0.108. The summed E-state index contributed by atoms with van der Waals surface area (Å²) in [6.45, 7) is 7.14. The Kier molecular flexibility index (Phi) is 8.61. The molecule has 2 unspecified atom stereocenters. The van der Waals surface area contributed by atoms with Crippen molar-refractivity contribution in [3.8, 4) is 5.75 Å². The van der Waals surface area contributed by atoms with Gasteiger partial charge in [0.2, 0.25) is 15.5 Å². The first-order valence-corrected chi connectivity index (χ1v) is 16.0. The van der Waals surface area contributed by atoms with Crippen LogP contribution >= 0.6 is 34.8 Å². The van der Waals surface area contributed by atoms with Gasteiger partial charge in [-0.15, -0.1) is 0 Å². The van der Waals surface area contributed by atoms with E-state index in [2.05, 4.69) is 32.8 Å². The highest BCUT2D eigenvalue weighted by molar-refractivity contribution is 6.67. The first-order chi connectivity index (χ1) is 22.5. The maximum absolute atomic E-state index is 13.7. The molecule has 256 valence electrons. The van der Waals surface area contributed by atoms with Gasteiger partial charge in [-0.2, -0.15) is 0 Å². The van der Waals surface area contributed by atoms with Crippen molar-refractivity contribution < 1.29 is 38.8 Å². The monoisotopic (exact) mass is 722 g/mol. The van der Waals surface area contributed by atoms with E-state index in [9.17, 15) is 24.6 Å². The number of hydrogen-bond acceptors (Lipinski definition) is 12. The van der Waals surface area contributed by atoms with Crippen LogP contribution in [0, 0.1) is 0 Å². The van der Waals surface area contributed by atoms with Gasteiger partial charge in [-0.1, -0.05) is 97.7 Å². The highest BCUT2D eigenvalue weighted by Crippen LogP contribution is 2.46. The van der Waals surface area contributed by atoms with Crippen molar-refractivity contribution in [1.29, 1.82) is 0 Å². The molecular weight excluding hydrogens is 691 g/mol. The number of esters is 1. The number of nitrogens with zero attached hydrogens (tertiary/aromatic N) is 2. The summed E-state index contributed by atoms with van der Waals surface area (Å²) < 4.78 is 14.5. The van der Waals surface area contributed by atoms with Crippen LogP contribution in [0.25, 0.3) is 0 Å². The minimum Gasteiger partial charge on any atom is -0.492 e. The maximum Gasteiger partial charge on any atom is 0.414 e. The summed E-state index contributed by atoms with van der Waals surface area (Å²) in [4.78, 5) is 46.0. The molecule has 0 radical (unpaired) electrons. The number of carbonyl (C=O) groups is 3. The van der Waals surface area contributed by atoms with Gasteiger partial charge in [-0.05, 0) is 11.6 Å². The van der Waals surface area contributed by atoms with Gasteiger partial charge >= 0.3 is 12.1 Å². The van der Waals surface area contributed by atoms with E-state index >= 15 is 0 Å². The minimum atomic E-state index is -2.83. The van der Waals surface area contributed by atoms with E-state index in [1.54, 1.807) is 36.4 Å². The predicted octanol–water partition coefficient (Wildman–Crippen LogP) is 1.76. The Morgan fingerprint density at radius 1 is 1.12 bits per heavy atom. The summed E-state index contributed by atoms with van der Waals surface area (Å²) in [5, 5.41) is 35.0. The van der Waals surface area contributed by atoms with Gasteiger partial charge < -0.3 is 45.3 Å². The number of nitrogens with one attached hydrogen (secondary N) is 4. The fourth-order valence-electron chi connectivity index (χ4n) is 6.44. The smallest absolute Gasteiger partial charge is 0.414 e. The molecule has 4 aliphatic rings. The van der Waals surface area contributed by atoms with Gasteiger partial charge in [-0.25, -0.2) is 14.6 Å². The van der Waals surface area contributed by atoms with Crippen LogP contribution in [-0.2, 0) is 26.3 Å². The molecule has 1 spiro atoms. The van der Waals surface area contributed by atoms with Crippen molar-refractivity contribution in [3.63, 3.8) is 0 Å². The number of fused-ring (bicyclic) bond motifs is 1. The molecule has 0 aromatic heterocycles. The molecule has 4 atom stereocenters. The van der Waals surface area contributed by atoms with Crippen LogP contribution in [0.1, 0.15) is 35.3 Å². The first-order valence-electron chi connectivity index (χ1n) is 14.9. The third-order valence-electron chi connectivity index (χ3n) is 8.71. The lowest BCUT2D eigenvalue weighted by Gasteiger charge is -2.48. The molecule has 2 saturated heterocycles. The van der Waals surface area contributed by atoms with Crippen LogP contribution in [0.15, 0.2) is 65.9 Å². The Labute approximate surface area is 290 Å². The van der Waals surface area contributed by atoms with Crippen LogP contribution in [0.5, 0.6) is 5.75 Å². The molecule has 6 rings (SSSR count). The van der Waals surface area contributed by atoms with Gasteiger partial charge in [0.15, 0.2) is 11.7 Å². The molecule has 17 heteroatoms. The van der Waals surface area contributed by atoms with Crippen molar-refractivity contribution in [2.75, 3.05) is 19.8 Å². The molecule has 4 aliphatic heterocycles. The molecule has 0 bridgehead atoms. The Balaban J connectivity index is 1.34. The van der Waals surface area contributed by atoms with Gasteiger partial charge in [0.25, 0.3) is 5.91 Å². The number of aliphatic hydroxyl groups is 2. The van der Waals surface area contributed by atoms with Gasteiger partial charge in [-0.3, -0.25) is 10.1 Å². The Bertz CT molecular complexity index is 1680. The summed E-state index contributed by atoms with van der Waals surface area (Å²) in [5.74, 6) is -4.15. The fourth-order valence-corrected chi connectivity index (χ4v) is 6.61. The molecule has 2 aromatic carbocycles. The molecule has 4 heterocycles. The van der Waals surface area contributed by atoms with Crippen molar-refractivity contribution in [1.82, 2.24) is 26.2 Å². The van der Waals surface area contributed by atoms with Gasteiger partial charge in [0.1, 0.15) is 31.0 Å². The van der Waals surface area contributed by atoms with Crippen molar-refractivity contribution >= 4 is 58.7 Å². The molecule has 6 N–H and O–H groups in total. The highest BCUT2D eigenvalue weighted by atomic mass is 35.6. The number of guanidine groups is 1. The van der Waals surface area contributed by atoms with Crippen LogP contribution in [0.4, 0.5) is 4.79 Å². The van der Waals surface area contributed by atoms with E-state index < -0.39 is 57.9 Å². The lowest BCUT2D eigenvalue weighted by atomic mass is 9.85. The number of alkyl halides is 3. The van der Waals surface area contributed by atoms with Gasteiger partial charge in [0, 0.05) is 17.5 Å². The number of benzene rings is 2.